The zero-order valence-electron chi connectivity index (χ0n) is 19.8. The number of sulfonamides is 1. The highest BCUT2D eigenvalue weighted by atomic mass is 32.2. The average molecular weight is 499 g/mol. The highest BCUT2D eigenvalue weighted by molar-refractivity contribution is 7.89. The maximum Gasteiger partial charge on any atom is 0.331 e. The highest BCUT2D eigenvalue weighted by Gasteiger charge is 2.18. The lowest BCUT2D eigenvalue weighted by Gasteiger charge is -2.10. The molecule has 0 aliphatic heterocycles. The predicted octanol–water partition coefficient (Wildman–Crippen LogP) is 3.20. The van der Waals surface area contributed by atoms with Gasteiger partial charge in [0.05, 0.1) is 19.1 Å². The third-order valence-electron chi connectivity index (χ3n) is 5.34. The fourth-order valence-electron chi connectivity index (χ4n) is 3.62. The number of hydrogen-bond donors (Lipinski definition) is 1. The smallest absolute Gasteiger partial charge is 0.331 e. The van der Waals surface area contributed by atoms with Crippen molar-refractivity contribution in [2.24, 2.45) is 5.14 Å². The molecular weight excluding hydrogens is 472 g/mol. The van der Waals surface area contributed by atoms with Crippen LogP contribution in [0.4, 0.5) is 0 Å². The number of carbonyl (C=O) groups is 2. The molecule has 0 aliphatic carbocycles. The third kappa shape index (κ3) is 5.97. The molecule has 3 aromatic rings. The van der Waals surface area contributed by atoms with Gasteiger partial charge in [-0.1, -0.05) is 0 Å². The predicted molar refractivity (Wildman–Crippen MR) is 130 cm³/mol. The number of primary sulfonamides is 1. The fraction of sp³-hybridized carbons (Fsp3) is 0.200. The molecule has 1 heterocycles. The van der Waals surface area contributed by atoms with E-state index < -0.39 is 22.6 Å². The normalized spacial score (nSPS) is 11.5. The van der Waals surface area contributed by atoms with E-state index in [4.69, 9.17) is 19.3 Å². The molecule has 0 aliphatic rings. The first-order chi connectivity index (χ1) is 16.5. The molecule has 0 radical (unpaired) electrons. The number of nitrogens with two attached hydrogens (primary N) is 1. The number of rotatable bonds is 9. The molecule has 0 atom stereocenters. The molecular formula is C25H26N2O7S. The van der Waals surface area contributed by atoms with Gasteiger partial charge in [-0.25, -0.2) is 18.4 Å². The Balaban J connectivity index is 1.71. The van der Waals surface area contributed by atoms with E-state index in [0.29, 0.717) is 34.0 Å². The Morgan fingerprint density at radius 1 is 1.00 bits per heavy atom. The van der Waals surface area contributed by atoms with Crippen molar-refractivity contribution in [1.82, 2.24) is 4.57 Å². The number of aromatic nitrogens is 1. The lowest BCUT2D eigenvalue weighted by atomic mass is 10.1. The summed E-state index contributed by atoms with van der Waals surface area (Å²) in [6, 6.07) is 12.8. The van der Waals surface area contributed by atoms with E-state index in [1.165, 1.54) is 38.5 Å². The zero-order chi connectivity index (χ0) is 25.8. The van der Waals surface area contributed by atoms with Gasteiger partial charge >= 0.3 is 5.97 Å². The summed E-state index contributed by atoms with van der Waals surface area (Å²) in [7, 11) is -0.758. The number of aryl methyl sites for hydroxylation is 1. The summed E-state index contributed by atoms with van der Waals surface area (Å²) in [6.07, 6.45) is 2.73. The molecule has 0 spiro atoms. The monoisotopic (exact) mass is 498 g/mol. The minimum absolute atomic E-state index is 0.00783. The summed E-state index contributed by atoms with van der Waals surface area (Å²) in [5.74, 6) is 0.0981. The molecule has 2 aromatic carbocycles. The van der Waals surface area contributed by atoms with Crippen LogP contribution < -0.4 is 14.6 Å². The lowest BCUT2D eigenvalue weighted by molar-refractivity contribution is -0.136. The summed E-state index contributed by atoms with van der Waals surface area (Å²) in [5, 5.41) is 5.15. The zero-order valence-corrected chi connectivity index (χ0v) is 20.6. The van der Waals surface area contributed by atoms with Crippen molar-refractivity contribution in [1.29, 1.82) is 0 Å². The van der Waals surface area contributed by atoms with E-state index in [-0.39, 0.29) is 10.7 Å². The number of ether oxygens (including phenoxy) is 3. The number of benzene rings is 2. The van der Waals surface area contributed by atoms with Crippen LogP contribution in [0, 0.1) is 13.8 Å². The maximum atomic E-state index is 12.8. The molecule has 184 valence electrons. The Labute approximate surface area is 203 Å². The standard InChI is InChI=1S/C25H26N2O7S/c1-16-13-22(17(2)27(16)19-6-9-21(10-7-19)35(26,30)31)23(28)15-34-25(29)12-5-18-14-20(32-3)8-11-24(18)33-4/h5-14H,15H2,1-4H3,(H2,26,30,31)/b12-5+. The summed E-state index contributed by atoms with van der Waals surface area (Å²) < 4.78 is 40.4. The lowest BCUT2D eigenvalue weighted by Crippen LogP contribution is -2.13. The van der Waals surface area contributed by atoms with Gasteiger partial charge in [0, 0.05) is 34.3 Å². The van der Waals surface area contributed by atoms with Crippen molar-refractivity contribution in [3.8, 4) is 17.2 Å². The van der Waals surface area contributed by atoms with Crippen molar-refractivity contribution in [3.63, 3.8) is 0 Å². The van der Waals surface area contributed by atoms with Crippen LogP contribution in [0.2, 0.25) is 0 Å². The molecule has 3 rings (SSSR count). The molecule has 10 heteroatoms. The van der Waals surface area contributed by atoms with Gasteiger partial charge in [-0.05, 0) is 68.5 Å². The Morgan fingerprint density at radius 3 is 2.29 bits per heavy atom. The first-order valence-electron chi connectivity index (χ1n) is 10.5. The number of esters is 1. The van der Waals surface area contributed by atoms with E-state index in [1.807, 2.05) is 6.92 Å². The molecule has 0 saturated heterocycles. The number of hydrogen-bond acceptors (Lipinski definition) is 7. The van der Waals surface area contributed by atoms with Crippen molar-refractivity contribution >= 4 is 27.9 Å². The summed E-state index contributed by atoms with van der Waals surface area (Å²) >= 11 is 0. The van der Waals surface area contributed by atoms with E-state index in [9.17, 15) is 18.0 Å². The van der Waals surface area contributed by atoms with E-state index in [0.717, 1.165) is 5.69 Å². The molecule has 0 amide bonds. The molecule has 9 nitrogen and oxygen atoms in total. The Morgan fingerprint density at radius 2 is 1.69 bits per heavy atom. The highest BCUT2D eigenvalue weighted by Crippen LogP contribution is 2.25. The van der Waals surface area contributed by atoms with Crippen LogP contribution in [0.15, 0.2) is 59.5 Å². The van der Waals surface area contributed by atoms with Crippen molar-refractivity contribution in [2.45, 2.75) is 18.7 Å². The molecule has 2 N–H and O–H groups in total. The first-order valence-corrected chi connectivity index (χ1v) is 12.0. The minimum Gasteiger partial charge on any atom is -0.497 e. The SMILES string of the molecule is COc1ccc(OC)c(/C=C/C(=O)OCC(=O)c2cc(C)n(-c3ccc(S(N)(=O)=O)cc3)c2C)c1. The van der Waals surface area contributed by atoms with Crippen LogP contribution >= 0.6 is 0 Å². The van der Waals surface area contributed by atoms with Gasteiger partial charge in [0.15, 0.2) is 6.61 Å². The Hall–Kier alpha value is -3.89. The van der Waals surface area contributed by atoms with Crippen molar-refractivity contribution < 1.29 is 32.2 Å². The number of nitrogens with zero attached hydrogens (tertiary/aromatic N) is 1. The number of Topliss-reactive ketones (excluding diaryl/α,β-unsaturated/α-hetero) is 1. The van der Waals surface area contributed by atoms with Crippen LogP contribution in [0.25, 0.3) is 11.8 Å². The topological polar surface area (TPSA) is 127 Å². The van der Waals surface area contributed by atoms with Crippen LogP contribution in [0.1, 0.15) is 27.3 Å². The van der Waals surface area contributed by atoms with Crippen LogP contribution in [0.3, 0.4) is 0 Å². The molecule has 0 saturated carbocycles. The van der Waals surface area contributed by atoms with Gasteiger partial charge in [-0.3, -0.25) is 4.79 Å². The van der Waals surface area contributed by atoms with Crippen molar-refractivity contribution in [2.75, 3.05) is 20.8 Å². The first kappa shape index (κ1) is 25.7. The summed E-state index contributed by atoms with van der Waals surface area (Å²) in [5.41, 5.74) is 3.06. The van der Waals surface area contributed by atoms with Crippen LogP contribution in [-0.2, 0) is 19.6 Å². The number of methoxy groups -OCH3 is 2. The second-order valence-electron chi connectivity index (χ2n) is 7.63. The average Bonchev–Trinajstić information content (AvgIpc) is 3.14. The number of ketones is 1. The Bertz CT molecular complexity index is 1390. The fourth-order valence-corrected chi connectivity index (χ4v) is 4.13. The summed E-state index contributed by atoms with van der Waals surface area (Å²) in [4.78, 5) is 25.0. The van der Waals surface area contributed by atoms with Gasteiger partial charge in [-0.2, -0.15) is 0 Å². The second kappa shape index (κ2) is 10.6. The van der Waals surface area contributed by atoms with Crippen LogP contribution in [-0.4, -0.2) is 45.6 Å². The number of carbonyl (C=O) groups excluding carboxylic acids is 2. The van der Waals surface area contributed by atoms with Gasteiger partial charge in [0.1, 0.15) is 11.5 Å². The molecule has 0 unspecified atom stereocenters. The van der Waals surface area contributed by atoms with E-state index in [2.05, 4.69) is 0 Å². The molecule has 1 aromatic heterocycles. The third-order valence-corrected chi connectivity index (χ3v) is 6.27. The van der Waals surface area contributed by atoms with Crippen LogP contribution in [0.5, 0.6) is 11.5 Å². The van der Waals surface area contributed by atoms with Gasteiger partial charge in [0.2, 0.25) is 15.8 Å². The largest absolute Gasteiger partial charge is 0.497 e. The van der Waals surface area contributed by atoms with Gasteiger partial charge < -0.3 is 18.8 Å². The Kier molecular flexibility index (Phi) is 7.78. The summed E-state index contributed by atoms with van der Waals surface area (Å²) in [6.45, 7) is 3.13. The van der Waals surface area contributed by atoms with Gasteiger partial charge in [0.25, 0.3) is 0 Å². The minimum atomic E-state index is -3.81. The molecule has 0 bridgehead atoms. The maximum absolute atomic E-state index is 12.8. The second-order valence-corrected chi connectivity index (χ2v) is 9.19. The van der Waals surface area contributed by atoms with Gasteiger partial charge in [-0.15, -0.1) is 0 Å². The van der Waals surface area contributed by atoms with Crippen molar-refractivity contribution in [3.05, 3.63) is 77.1 Å². The van der Waals surface area contributed by atoms with E-state index in [1.54, 1.807) is 47.9 Å². The quantitative estimate of drug-likeness (QED) is 0.273. The van der Waals surface area contributed by atoms with E-state index >= 15 is 0 Å². The molecule has 35 heavy (non-hydrogen) atoms. The molecule has 0 fully saturated rings.